The monoisotopic (exact) mass is 391 g/mol. The summed E-state index contributed by atoms with van der Waals surface area (Å²) in [5.41, 5.74) is 0.693. The Balaban J connectivity index is 0.000000327. The highest BCUT2D eigenvalue weighted by Gasteiger charge is 2.46. The van der Waals surface area contributed by atoms with Crippen LogP contribution in [0.3, 0.4) is 0 Å². The van der Waals surface area contributed by atoms with Crippen molar-refractivity contribution in [3.8, 4) is 0 Å². The lowest BCUT2D eigenvalue weighted by molar-refractivity contribution is -0.123. The average molecular weight is 392 g/mol. The number of nitrogens with zero attached hydrogens (tertiary/aromatic N) is 2. The van der Waals surface area contributed by atoms with Crippen LogP contribution in [0.2, 0.25) is 0 Å². The van der Waals surface area contributed by atoms with E-state index in [4.69, 9.17) is 0 Å². The van der Waals surface area contributed by atoms with Crippen LogP contribution in [0.4, 0.5) is 10.5 Å². The maximum Gasteiger partial charge on any atom is 0.317 e. The zero-order chi connectivity index (χ0) is 21.0. The summed E-state index contributed by atoms with van der Waals surface area (Å²) < 4.78 is 0. The van der Waals surface area contributed by atoms with Gasteiger partial charge in [-0.2, -0.15) is 0 Å². The molecule has 7 heteroatoms. The molecule has 0 saturated carbocycles. The third kappa shape index (κ3) is 5.86. The van der Waals surface area contributed by atoms with Crippen molar-refractivity contribution in [2.45, 2.75) is 45.6 Å². The van der Waals surface area contributed by atoms with E-state index in [2.05, 4.69) is 39.9 Å². The molecule has 0 aliphatic carbocycles. The van der Waals surface area contributed by atoms with Gasteiger partial charge in [-0.1, -0.05) is 39.0 Å². The third-order valence-electron chi connectivity index (χ3n) is 5.07. The second-order valence-electron chi connectivity index (χ2n) is 6.67. The summed E-state index contributed by atoms with van der Waals surface area (Å²) in [5, 5.41) is 8.84. The smallest absolute Gasteiger partial charge is 0.317 e. The van der Waals surface area contributed by atoms with Crippen LogP contribution in [0, 0.1) is 0 Å². The number of hydrogen-bond donors (Lipinski definition) is 3. The fourth-order valence-corrected chi connectivity index (χ4v) is 3.39. The molecule has 0 bridgehead atoms. The first kappa shape index (κ1) is 23.8. The summed E-state index contributed by atoms with van der Waals surface area (Å²) in [7, 11) is 3.72. The molecule has 3 amide bonds. The van der Waals surface area contributed by atoms with Crippen LogP contribution in [0.25, 0.3) is 0 Å². The number of carbonyl (C=O) groups is 2. The van der Waals surface area contributed by atoms with Crippen LogP contribution in [0.1, 0.15) is 40.0 Å². The minimum absolute atomic E-state index is 0.0521. The first-order valence-electron chi connectivity index (χ1n) is 10.3. The Kier molecular flexibility index (Phi) is 10.4. The minimum Gasteiger partial charge on any atom is -0.339 e. The number of anilines is 1. The summed E-state index contributed by atoms with van der Waals surface area (Å²) in [4.78, 5) is 26.7. The summed E-state index contributed by atoms with van der Waals surface area (Å²) in [6, 6.07) is 10.2. The quantitative estimate of drug-likeness (QED) is 0.720. The van der Waals surface area contributed by atoms with Gasteiger partial charge in [0.15, 0.2) is 0 Å². The minimum atomic E-state index is -0.412. The van der Waals surface area contributed by atoms with Crippen LogP contribution in [0.15, 0.2) is 30.3 Å². The van der Waals surface area contributed by atoms with Gasteiger partial charge in [-0.3, -0.25) is 4.79 Å². The van der Waals surface area contributed by atoms with Crippen molar-refractivity contribution in [1.82, 2.24) is 20.9 Å². The van der Waals surface area contributed by atoms with Crippen LogP contribution in [-0.4, -0.2) is 62.8 Å². The molecule has 2 saturated heterocycles. The number of nitrogens with one attached hydrogen (secondary N) is 3. The molecule has 3 N–H and O–H groups in total. The van der Waals surface area contributed by atoms with E-state index in [1.807, 2.05) is 39.1 Å². The molecule has 1 atom stereocenters. The highest BCUT2D eigenvalue weighted by atomic mass is 16.2. The zero-order valence-corrected chi connectivity index (χ0v) is 18.0. The van der Waals surface area contributed by atoms with Gasteiger partial charge in [0.2, 0.25) is 5.91 Å². The summed E-state index contributed by atoms with van der Waals surface area (Å²) >= 11 is 0. The van der Waals surface area contributed by atoms with Gasteiger partial charge in [-0.15, -0.1) is 0 Å². The van der Waals surface area contributed by atoms with E-state index in [0.717, 1.165) is 44.6 Å². The maximum atomic E-state index is 12.2. The summed E-state index contributed by atoms with van der Waals surface area (Å²) in [6.45, 7) is 9.25. The Hall–Kier alpha value is -2.28. The fourth-order valence-electron chi connectivity index (χ4n) is 3.39. The van der Waals surface area contributed by atoms with E-state index < -0.39 is 5.54 Å². The van der Waals surface area contributed by atoms with Crippen molar-refractivity contribution in [1.29, 1.82) is 0 Å². The van der Waals surface area contributed by atoms with Gasteiger partial charge in [0.25, 0.3) is 0 Å². The van der Waals surface area contributed by atoms with Crippen molar-refractivity contribution in [3.05, 3.63) is 30.3 Å². The van der Waals surface area contributed by atoms with E-state index >= 15 is 0 Å². The van der Waals surface area contributed by atoms with Crippen molar-refractivity contribution in [2.24, 2.45) is 0 Å². The summed E-state index contributed by atoms with van der Waals surface area (Å²) in [5.74, 6) is 0.143. The largest absolute Gasteiger partial charge is 0.339 e. The van der Waals surface area contributed by atoms with Crippen LogP contribution in [0.5, 0.6) is 0 Å². The standard InChI is InChI=1S/C14H21N3O.C5H10N2O.C2H6/c1-3-14(9-10-15-2)13(18)16-11-17(14)12-7-5-4-6-8-12;1-7-4-2-3-6-5(7)8;1-2/h4-8,15H,3,9-11H2,1-2H3,(H,16,18);2-4H2,1H3,(H,6,8);1-2H3. The van der Waals surface area contributed by atoms with Crippen LogP contribution >= 0.6 is 0 Å². The number of amides is 3. The molecule has 1 aromatic carbocycles. The maximum absolute atomic E-state index is 12.2. The Morgan fingerprint density at radius 1 is 1.14 bits per heavy atom. The van der Waals surface area contributed by atoms with Crippen molar-refractivity contribution < 1.29 is 9.59 Å². The highest BCUT2D eigenvalue weighted by molar-refractivity contribution is 5.93. The lowest BCUT2D eigenvalue weighted by atomic mass is 9.90. The van der Waals surface area contributed by atoms with Gasteiger partial charge in [-0.05, 0) is 45.0 Å². The molecule has 2 heterocycles. The van der Waals surface area contributed by atoms with E-state index in [9.17, 15) is 9.59 Å². The molecule has 0 spiro atoms. The normalized spacial score (nSPS) is 21.0. The molecule has 7 nitrogen and oxygen atoms in total. The number of urea groups is 1. The lowest BCUT2D eigenvalue weighted by Gasteiger charge is -2.36. The van der Waals surface area contributed by atoms with Gasteiger partial charge in [0.1, 0.15) is 5.54 Å². The van der Waals surface area contributed by atoms with Crippen LogP contribution in [-0.2, 0) is 4.79 Å². The lowest BCUT2D eigenvalue weighted by Crippen LogP contribution is -2.50. The molecule has 2 aliphatic heterocycles. The van der Waals surface area contributed by atoms with E-state index in [1.54, 1.807) is 11.9 Å². The molecule has 3 rings (SSSR count). The number of benzene rings is 1. The van der Waals surface area contributed by atoms with E-state index in [-0.39, 0.29) is 11.9 Å². The van der Waals surface area contributed by atoms with Gasteiger partial charge in [-0.25, -0.2) is 4.79 Å². The molecule has 2 aliphatic rings. The number of hydrogen-bond acceptors (Lipinski definition) is 4. The predicted molar refractivity (Wildman–Crippen MR) is 115 cm³/mol. The molecule has 0 aromatic heterocycles. The SMILES string of the molecule is CC.CCC1(CCNC)C(=O)NCN1c1ccccc1.CN1CCCNC1=O. The fraction of sp³-hybridized carbons (Fsp3) is 0.619. The Morgan fingerprint density at radius 3 is 2.32 bits per heavy atom. The molecular weight excluding hydrogens is 354 g/mol. The van der Waals surface area contributed by atoms with Gasteiger partial charge >= 0.3 is 6.03 Å². The molecule has 28 heavy (non-hydrogen) atoms. The Morgan fingerprint density at radius 2 is 1.82 bits per heavy atom. The molecule has 0 radical (unpaired) electrons. The molecule has 1 unspecified atom stereocenters. The Labute approximate surface area is 169 Å². The van der Waals surface area contributed by atoms with Crippen molar-refractivity contribution in [2.75, 3.05) is 45.3 Å². The average Bonchev–Trinajstić information content (AvgIpc) is 3.07. The third-order valence-corrected chi connectivity index (χ3v) is 5.07. The van der Waals surface area contributed by atoms with Gasteiger partial charge in [0.05, 0.1) is 6.67 Å². The topological polar surface area (TPSA) is 76.7 Å². The molecule has 1 aromatic rings. The summed E-state index contributed by atoms with van der Waals surface area (Å²) in [6.07, 6.45) is 2.71. The molecular formula is C21H37N5O2. The molecule has 2 fully saturated rings. The number of rotatable bonds is 5. The van der Waals surface area contributed by atoms with Gasteiger partial charge in [0, 0.05) is 25.8 Å². The Bertz CT molecular complexity index is 596. The van der Waals surface area contributed by atoms with Crippen molar-refractivity contribution >= 4 is 17.6 Å². The number of para-hydroxylation sites is 1. The predicted octanol–water partition coefficient (Wildman–Crippen LogP) is 2.40. The van der Waals surface area contributed by atoms with Gasteiger partial charge < -0.3 is 25.8 Å². The van der Waals surface area contributed by atoms with E-state index in [1.165, 1.54) is 0 Å². The van der Waals surface area contributed by atoms with Crippen molar-refractivity contribution in [3.63, 3.8) is 0 Å². The van der Waals surface area contributed by atoms with E-state index in [0.29, 0.717) is 6.67 Å². The second-order valence-corrected chi connectivity index (χ2v) is 6.67. The second kappa shape index (κ2) is 12.2. The molecule has 158 valence electrons. The zero-order valence-electron chi connectivity index (χ0n) is 18.0. The highest BCUT2D eigenvalue weighted by Crippen LogP contribution is 2.32. The van der Waals surface area contributed by atoms with Crippen LogP contribution < -0.4 is 20.9 Å². The first-order valence-corrected chi connectivity index (χ1v) is 10.3. The number of carbonyl (C=O) groups excluding carboxylic acids is 2. The first-order chi connectivity index (χ1) is 13.5.